The number of amides is 1. The van der Waals surface area contributed by atoms with Crippen molar-refractivity contribution in [2.45, 2.75) is 38.4 Å². The Bertz CT molecular complexity index is 447. The second-order valence-corrected chi connectivity index (χ2v) is 4.91. The van der Waals surface area contributed by atoms with E-state index in [0.717, 1.165) is 30.4 Å². The zero-order chi connectivity index (χ0) is 14.3. The summed E-state index contributed by atoms with van der Waals surface area (Å²) in [6.07, 6.45) is 1.71. The van der Waals surface area contributed by atoms with Gasteiger partial charge in [-0.1, -0.05) is 18.7 Å². The fraction of sp³-hybridized carbons (Fsp3) is 0.636. The highest BCUT2D eigenvalue weighted by Gasteiger charge is 2.13. The van der Waals surface area contributed by atoms with Gasteiger partial charge in [0.2, 0.25) is 5.91 Å². The molecule has 1 aromatic rings. The van der Waals surface area contributed by atoms with Crippen LogP contribution in [0.3, 0.4) is 0 Å². The number of nitrogens with one attached hydrogen (secondary N) is 1. The maximum Gasteiger partial charge on any atom is 0.313 e. The van der Waals surface area contributed by atoms with Crippen LogP contribution < -0.4 is 5.32 Å². The van der Waals surface area contributed by atoms with E-state index < -0.39 is 5.97 Å². The Morgan fingerprint density at radius 1 is 1.42 bits per heavy atom. The molecule has 0 unspecified atom stereocenters. The van der Waals surface area contributed by atoms with Gasteiger partial charge in [-0.25, -0.2) is 0 Å². The molecule has 1 rings (SSSR count). The number of carboxylic acids is 1. The highest BCUT2D eigenvalue weighted by Crippen LogP contribution is 2.17. The summed E-state index contributed by atoms with van der Waals surface area (Å²) in [5, 5.41) is 20.0. The predicted molar refractivity (Wildman–Crippen MR) is 71.1 cm³/mol. The summed E-state index contributed by atoms with van der Waals surface area (Å²) >= 11 is 1.14. The Balaban J connectivity index is 2.72. The molecule has 1 heterocycles. The maximum absolute atomic E-state index is 10.8. The molecular weight excluding hydrogens is 268 g/mol. The third-order valence-electron chi connectivity index (χ3n) is 2.30. The van der Waals surface area contributed by atoms with Crippen LogP contribution in [0.1, 0.15) is 26.1 Å². The quantitative estimate of drug-likeness (QED) is 0.677. The van der Waals surface area contributed by atoms with E-state index in [1.165, 1.54) is 6.92 Å². The van der Waals surface area contributed by atoms with E-state index in [2.05, 4.69) is 15.5 Å². The maximum atomic E-state index is 10.8. The van der Waals surface area contributed by atoms with Crippen LogP contribution in [0.5, 0.6) is 0 Å². The highest BCUT2D eigenvalue weighted by atomic mass is 32.2. The van der Waals surface area contributed by atoms with Crippen molar-refractivity contribution in [2.24, 2.45) is 0 Å². The van der Waals surface area contributed by atoms with Crippen LogP contribution in [-0.2, 0) is 22.6 Å². The Hall–Kier alpha value is -1.57. The lowest BCUT2D eigenvalue weighted by atomic mass is 10.3. The molecule has 0 spiro atoms. The standard InChI is InChI=1S/C11H18N4O3S/c1-3-4-9-13-14-11(19-7-10(17)18)15(9)6-5-12-8(2)16/h3-7H2,1-2H3,(H,12,16)(H,17,18). The van der Waals surface area contributed by atoms with Gasteiger partial charge < -0.3 is 15.0 Å². The molecule has 0 aliphatic carbocycles. The van der Waals surface area contributed by atoms with Crippen molar-refractivity contribution < 1.29 is 14.7 Å². The number of nitrogens with zero attached hydrogens (tertiary/aromatic N) is 3. The van der Waals surface area contributed by atoms with Gasteiger partial charge in [0, 0.05) is 26.4 Å². The summed E-state index contributed by atoms with van der Waals surface area (Å²) in [6.45, 7) is 4.52. The molecule has 2 N–H and O–H groups in total. The first-order chi connectivity index (χ1) is 9.04. The normalized spacial score (nSPS) is 10.4. The summed E-state index contributed by atoms with van der Waals surface area (Å²) < 4.78 is 1.87. The number of hydrogen-bond acceptors (Lipinski definition) is 5. The zero-order valence-electron chi connectivity index (χ0n) is 11.0. The molecule has 0 saturated carbocycles. The minimum absolute atomic E-state index is 0.0512. The summed E-state index contributed by atoms with van der Waals surface area (Å²) in [6, 6.07) is 0. The largest absolute Gasteiger partial charge is 0.481 e. The topological polar surface area (TPSA) is 97.1 Å². The van der Waals surface area contributed by atoms with E-state index in [-0.39, 0.29) is 11.7 Å². The zero-order valence-corrected chi connectivity index (χ0v) is 11.9. The smallest absolute Gasteiger partial charge is 0.313 e. The van der Waals surface area contributed by atoms with Crippen molar-refractivity contribution >= 4 is 23.6 Å². The van der Waals surface area contributed by atoms with Crippen LogP contribution in [0.15, 0.2) is 5.16 Å². The number of thioether (sulfide) groups is 1. The first kappa shape index (κ1) is 15.5. The van der Waals surface area contributed by atoms with Crippen molar-refractivity contribution in [2.75, 3.05) is 12.3 Å². The van der Waals surface area contributed by atoms with E-state index >= 15 is 0 Å². The Labute approximate surface area is 115 Å². The first-order valence-electron chi connectivity index (χ1n) is 6.05. The minimum atomic E-state index is -0.890. The molecule has 19 heavy (non-hydrogen) atoms. The predicted octanol–water partition coefficient (Wildman–Crippen LogP) is 0.543. The van der Waals surface area contributed by atoms with Gasteiger partial charge in [-0.05, 0) is 6.42 Å². The summed E-state index contributed by atoms with van der Waals surface area (Å²) in [5.74, 6) is -0.214. The molecule has 0 aromatic carbocycles. The van der Waals surface area contributed by atoms with Gasteiger partial charge in [0.25, 0.3) is 0 Å². The molecule has 106 valence electrons. The average Bonchev–Trinajstić information content (AvgIpc) is 2.70. The van der Waals surface area contributed by atoms with Crippen molar-refractivity contribution in [1.82, 2.24) is 20.1 Å². The van der Waals surface area contributed by atoms with E-state index in [1.54, 1.807) is 0 Å². The lowest BCUT2D eigenvalue weighted by molar-refractivity contribution is -0.133. The van der Waals surface area contributed by atoms with Gasteiger partial charge in [0.15, 0.2) is 5.16 Å². The molecule has 8 heteroatoms. The SMILES string of the molecule is CCCc1nnc(SCC(=O)O)n1CCNC(C)=O. The fourth-order valence-corrected chi connectivity index (χ4v) is 2.23. The number of aromatic nitrogens is 3. The fourth-order valence-electron chi connectivity index (χ4n) is 1.53. The average molecular weight is 286 g/mol. The molecule has 1 amide bonds. The second-order valence-electron chi connectivity index (χ2n) is 3.97. The van der Waals surface area contributed by atoms with Crippen LogP contribution in [-0.4, -0.2) is 44.0 Å². The first-order valence-corrected chi connectivity index (χ1v) is 7.04. The third kappa shape index (κ3) is 5.29. The molecule has 0 aliphatic rings. The van der Waals surface area contributed by atoms with Gasteiger partial charge in [-0.15, -0.1) is 10.2 Å². The number of hydrogen-bond donors (Lipinski definition) is 2. The van der Waals surface area contributed by atoms with E-state index in [9.17, 15) is 9.59 Å². The molecule has 0 saturated heterocycles. The van der Waals surface area contributed by atoms with Gasteiger partial charge >= 0.3 is 5.97 Å². The van der Waals surface area contributed by atoms with Gasteiger partial charge in [0.05, 0.1) is 5.75 Å². The van der Waals surface area contributed by atoms with Gasteiger partial charge in [0.1, 0.15) is 5.82 Å². The highest BCUT2D eigenvalue weighted by molar-refractivity contribution is 7.99. The number of carbonyl (C=O) groups is 2. The van der Waals surface area contributed by atoms with Crippen LogP contribution in [0.25, 0.3) is 0 Å². The monoisotopic (exact) mass is 286 g/mol. The molecular formula is C11H18N4O3S. The number of rotatable bonds is 8. The van der Waals surface area contributed by atoms with Crippen LogP contribution in [0.2, 0.25) is 0 Å². The molecule has 1 aromatic heterocycles. The molecule has 0 bridgehead atoms. The lowest BCUT2D eigenvalue weighted by Gasteiger charge is -2.09. The van der Waals surface area contributed by atoms with E-state index in [1.807, 2.05) is 11.5 Å². The Morgan fingerprint density at radius 2 is 2.16 bits per heavy atom. The summed E-state index contributed by atoms with van der Waals surface area (Å²) in [7, 11) is 0. The molecule has 0 atom stereocenters. The van der Waals surface area contributed by atoms with Crippen molar-refractivity contribution in [3.8, 4) is 0 Å². The molecule has 0 radical (unpaired) electrons. The van der Waals surface area contributed by atoms with Crippen LogP contribution >= 0.6 is 11.8 Å². The number of carboxylic acid groups (broad SMARTS) is 1. The summed E-state index contributed by atoms with van der Waals surface area (Å²) in [5.41, 5.74) is 0. The number of aliphatic carboxylic acids is 1. The van der Waals surface area contributed by atoms with Gasteiger partial charge in [-0.2, -0.15) is 0 Å². The number of carbonyl (C=O) groups excluding carboxylic acids is 1. The summed E-state index contributed by atoms with van der Waals surface area (Å²) in [4.78, 5) is 21.4. The molecule has 7 nitrogen and oxygen atoms in total. The molecule has 0 aliphatic heterocycles. The van der Waals surface area contributed by atoms with Crippen molar-refractivity contribution in [3.05, 3.63) is 5.82 Å². The number of aryl methyl sites for hydroxylation is 1. The van der Waals surface area contributed by atoms with E-state index in [0.29, 0.717) is 18.2 Å². The van der Waals surface area contributed by atoms with Crippen LogP contribution in [0, 0.1) is 0 Å². The second kappa shape index (κ2) is 7.78. The Morgan fingerprint density at radius 3 is 2.74 bits per heavy atom. The van der Waals surface area contributed by atoms with Crippen molar-refractivity contribution in [3.63, 3.8) is 0 Å². The van der Waals surface area contributed by atoms with Crippen molar-refractivity contribution in [1.29, 1.82) is 0 Å². The Kier molecular flexibility index (Phi) is 6.34. The lowest BCUT2D eigenvalue weighted by Crippen LogP contribution is -2.25. The van der Waals surface area contributed by atoms with E-state index in [4.69, 9.17) is 5.11 Å². The molecule has 0 fully saturated rings. The van der Waals surface area contributed by atoms with Crippen LogP contribution in [0.4, 0.5) is 0 Å². The minimum Gasteiger partial charge on any atom is -0.481 e. The third-order valence-corrected chi connectivity index (χ3v) is 3.25. The van der Waals surface area contributed by atoms with Gasteiger partial charge in [-0.3, -0.25) is 9.59 Å².